The molecule has 1 atom stereocenters. The quantitative estimate of drug-likeness (QED) is 0.805. The van der Waals surface area contributed by atoms with Gasteiger partial charge in [-0.05, 0) is 37.1 Å². The molecule has 4 nitrogen and oxygen atoms in total. The molecule has 112 valence electrons. The van der Waals surface area contributed by atoms with Crippen molar-refractivity contribution >= 4 is 10.0 Å². The lowest BCUT2D eigenvalue weighted by atomic mass is 9.94. The van der Waals surface area contributed by atoms with Crippen LogP contribution in [0.15, 0.2) is 24.3 Å². The average Bonchev–Trinajstić information content (AvgIpc) is 2.35. The van der Waals surface area contributed by atoms with Gasteiger partial charge in [-0.15, -0.1) is 0 Å². The number of nitrogens with zero attached hydrogens (tertiary/aromatic N) is 2. The van der Waals surface area contributed by atoms with Crippen LogP contribution in [0.1, 0.15) is 24.4 Å². The van der Waals surface area contributed by atoms with Gasteiger partial charge in [0.1, 0.15) is 5.82 Å². The van der Waals surface area contributed by atoms with Gasteiger partial charge < -0.3 is 0 Å². The normalized spacial score (nSPS) is 20.1. The molecule has 0 saturated carbocycles. The molecule has 0 radical (unpaired) electrons. The van der Waals surface area contributed by atoms with Crippen molar-refractivity contribution < 1.29 is 12.8 Å². The predicted molar refractivity (Wildman–Crippen MR) is 77.4 cm³/mol. The molecule has 20 heavy (non-hydrogen) atoms. The summed E-state index contributed by atoms with van der Waals surface area (Å²) in [4.78, 5) is 2.25. The molecule has 1 aromatic carbocycles. The molecule has 0 aliphatic carbocycles. The number of likely N-dealkylation sites (tertiary alicyclic amines) is 1. The van der Waals surface area contributed by atoms with Crippen molar-refractivity contribution in [3.8, 4) is 0 Å². The van der Waals surface area contributed by atoms with Gasteiger partial charge in [0.05, 0.1) is 5.75 Å². The molecule has 1 heterocycles. The van der Waals surface area contributed by atoms with E-state index in [0.29, 0.717) is 12.5 Å². The van der Waals surface area contributed by atoms with E-state index in [1.165, 1.54) is 16.4 Å². The Balaban J connectivity index is 1.84. The van der Waals surface area contributed by atoms with Crippen molar-refractivity contribution in [2.75, 3.05) is 32.9 Å². The first-order chi connectivity index (χ1) is 9.40. The van der Waals surface area contributed by atoms with Crippen LogP contribution in [0.4, 0.5) is 4.39 Å². The first kappa shape index (κ1) is 15.4. The SMILES string of the molecule is CN(C)S(=O)(=O)CCCN1CCC1c1ccc(F)cc1. The molecule has 0 spiro atoms. The van der Waals surface area contributed by atoms with Gasteiger partial charge in [-0.3, -0.25) is 4.90 Å². The monoisotopic (exact) mass is 300 g/mol. The van der Waals surface area contributed by atoms with E-state index in [1.54, 1.807) is 14.1 Å². The molecular formula is C14H21FN2O2S. The highest BCUT2D eigenvalue weighted by atomic mass is 32.2. The number of sulfonamides is 1. The first-order valence-electron chi connectivity index (χ1n) is 6.80. The van der Waals surface area contributed by atoms with E-state index in [9.17, 15) is 12.8 Å². The van der Waals surface area contributed by atoms with E-state index in [0.717, 1.165) is 25.1 Å². The third-order valence-electron chi connectivity index (χ3n) is 3.79. The molecule has 0 N–H and O–H groups in total. The summed E-state index contributed by atoms with van der Waals surface area (Å²) in [6.45, 7) is 1.74. The minimum absolute atomic E-state index is 0.173. The van der Waals surface area contributed by atoms with E-state index in [4.69, 9.17) is 0 Å². The Hall–Kier alpha value is -0.980. The number of benzene rings is 1. The van der Waals surface area contributed by atoms with Gasteiger partial charge in [-0.25, -0.2) is 17.1 Å². The van der Waals surface area contributed by atoms with Crippen molar-refractivity contribution in [1.82, 2.24) is 9.21 Å². The summed E-state index contributed by atoms with van der Waals surface area (Å²) in [5.41, 5.74) is 1.10. The number of rotatable bonds is 6. The van der Waals surface area contributed by atoms with Crippen molar-refractivity contribution in [2.45, 2.75) is 18.9 Å². The smallest absolute Gasteiger partial charge is 0.213 e. The maximum absolute atomic E-state index is 12.9. The third-order valence-corrected chi connectivity index (χ3v) is 5.71. The van der Waals surface area contributed by atoms with E-state index in [-0.39, 0.29) is 11.6 Å². The topological polar surface area (TPSA) is 40.6 Å². The van der Waals surface area contributed by atoms with Crippen LogP contribution >= 0.6 is 0 Å². The molecule has 1 aliphatic rings. The second-order valence-electron chi connectivity index (χ2n) is 5.34. The Morgan fingerprint density at radius 2 is 1.95 bits per heavy atom. The maximum Gasteiger partial charge on any atom is 0.213 e. The van der Waals surface area contributed by atoms with Crippen molar-refractivity contribution in [2.24, 2.45) is 0 Å². The maximum atomic E-state index is 12.9. The molecule has 2 rings (SSSR count). The number of hydrogen-bond donors (Lipinski definition) is 0. The molecule has 0 bridgehead atoms. The molecule has 1 saturated heterocycles. The molecule has 0 aromatic heterocycles. The summed E-state index contributed by atoms with van der Waals surface area (Å²) in [7, 11) is 0.00303. The lowest BCUT2D eigenvalue weighted by Crippen LogP contribution is -2.42. The Kier molecular flexibility index (Phi) is 4.78. The van der Waals surface area contributed by atoms with Gasteiger partial charge in [0.15, 0.2) is 0 Å². The van der Waals surface area contributed by atoms with E-state index in [2.05, 4.69) is 4.90 Å². The minimum Gasteiger partial charge on any atom is -0.296 e. The Bertz CT molecular complexity index is 543. The highest BCUT2D eigenvalue weighted by Crippen LogP contribution is 2.33. The number of halogens is 1. The van der Waals surface area contributed by atoms with E-state index in [1.807, 2.05) is 12.1 Å². The lowest BCUT2D eigenvalue weighted by Gasteiger charge is -2.41. The molecular weight excluding hydrogens is 279 g/mol. The van der Waals surface area contributed by atoms with Crippen LogP contribution in [-0.2, 0) is 10.0 Å². The Morgan fingerprint density at radius 3 is 2.45 bits per heavy atom. The van der Waals surface area contributed by atoms with Gasteiger partial charge in [0.2, 0.25) is 10.0 Å². The van der Waals surface area contributed by atoms with Gasteiger partial charge in [0.25, 0.3) is 0 Å². The summed E-state index contributed by atoms with van der Waals surface area (Å²) < 4.78 is 37.5. The largest absolute Gasteiger partial charge is 0.296 e. The molecule has 1 aromatic rings. The molecule has 1 fully saturated rings. The summed E-state index contributed by atoms with van der Waals surface area (Å²) >= 11 is 0. The molecule has 0 amide bonds. The van der Waals surface area contributed by atoms with Gasteiger partial charge >= 0.3 is 0 Å². The molecule has 1 unspecified atom stereocenters. The molecule has 6 heteroatoms. The highest BCUT2D eigenvalue weighted by molar-refractivity contribution is 7.89. The zero-order valence-corrected chi connectivity index (χ0v) is 12.7. The van der Waals surface area contributed by atoms with Crippen LogP contribution in [0, 0.1) is 5.82 Å². The van der Waals surface area contributed by atoms with Crippen molar-refractivity contribution in [3.05, 3.63) is 35.6 Å². The fraction of sp³-hybridized carbons (Fsp3) is 0.571. The minimum atomic E-state index is -3.11. The second kappa shape index (κ2) is 6.20. The number of hydrogen-bond acceptors (Lipinski definition) is 3. The van der Waals surface area contributed by atoms with Crippen LogP contribution in [0.2, 0.25) is 0 Å². The lowest BCUT2D eigenvalue weighted by molar-refractivity contribution is 0.0912. The van der Waals surface area contributed by atoms with Crippen LogP contribution < -0.4 is 0 Å². The third kappa shape index (κ3) is 3.56. The van der Waals surface area contributed by atoms with Crippen molar-refractivity contribution in [3.63, 3.8) is 0 Å². The highest BCUT2D eigenvalue weighted by Gasteiger charge is 2.29. The predicted octanol–water partition coefficient (Wildman–Crippen LogP) is 1.85. The van der Waals surface area contributed by atoms with Gasteiger partial charge in [-0.2, -0.15) is 0 Å². The van der Waals surface area contributed by atoms with Crippen LogP contribution in [-0.4, -0.2) is 50.6 Å². The second-order valence-corrected chi connectivity index (χ2v) is 7.65. The van der Waals surface area contributed by atoms with Gasteiger partial charge in [-0.1, -0.05) is 12.1 Å². The fourth-order valence-corrected chi connectivity index (χ4v) is 3.26. The standard InChI is InChI=1S/C14H21FN2O2S/c1-16(2)20(18,19)11-3-9-17-10-8-14(17)12-4-6-13(15)7-5-12/h4-7,14H,3,8-11H2,1-2H3. The zero-order valence-electron chi connectivity index (χ0n) is 11.9. The summed E-state index contributed by atoms with van der Waals surface area (Å²) in [6.07, 6.45) is 1.67. The summed E-state index contributed by atoms with van der Waals surface area (Å²) in [5.74, 6) is -0.0520. The Morgan fingerprint density at radius 1 is 1.30 bits per heavy atom. The van der Waals surface area contributed by atoms with Gasteiger partial charge in [0, 0.05) is 26.7 Å². The van der Waals surface area contributed by atoms with Crippen molar-refractivity contribution in [1.29, 1.82) is 0 Å². The van der Waals surface area contributed by atoms with E-state index >= 15 is 0 Å². The first-order valence-corrected chi connectivity index (χ1v) is 8.41. The van der Waals surface area contributed by atoms with Crippen LogP contribution in [0.5, 0.6) is 0 Å². The van der Waals surface area contributed by atoms with Crippen LogP contribution in [0.25, 0.3) is 0 Å². The average molecular weight is 300 g/mol. The van der Waals surface area contributed by atoms with Crippen LogP contribution in [0.3, 0.4) is 0 Å². The summed E-state index contributed by atoms with van der Waals surface area (Å²) in [6, 6.07) is 6.87. The zero-order chi connectivity index (χ0) is 14.8. The molecule has 1 aliphatic heterocycles. The Labute approximate surface area is 120 Å². The fourth-order valence-electron chi connectivity index (χ4n) is 2.40. The van der Waals surface area contributed by atoms with E-state index < -0.39 is 10.0 Å². The summed E-state index contributed by atoms with van der Waals surface area (Å²) in [5, 5.41) is 0.